The lowest BCUT2D eigenvalue weighted by Crippen LogP contribution is -2.47. The number of aromatic nitrogens is 2. The summed E-state index contributed by atoms with van der Waals surface area (Å²) >= 11 is 0. The van der Waals surface area contributed by atoms with E-state index in [1.54, 1.807) is 24.5 Å². The van der Waals surface area contributed by atoms with E-state index in [-0.39, 0.29) is 18.1 Å². The molecule has 0 unspecified atom stereocenters. The highest BCUT2D eigenvalue weighted by Crippen LogP contribution is 2.46. The summed E-state index contributed by atoms with van der Waals surface area (Å²) in [6.07, 6.45) is 7.75. The van der Waals surface area contributed by atoms with Crippen LogP contribution in [0.25, 0.3) is 33.3 Å². The van der Waals surface area contributed by atoms with Crippen LogP contribution in [0, 0.1) is 11.3 Å². The summed E-state index contributed by atoms with van der Waals surface area (Å²) in [6, 6.07) is 17.1. The molecule has 194 valence electrons. The van der Waals surface area contributed by atoms with Crippen LogP contribution in [0.4, 0.5) is 0 Å². The fourth-order valence-corrected chi connectivity index (χ4v) is 5.82. The quantitative estimate of drug-likeness (QED) is 0.299. The monoisotopic (exact) mass is 509 g/mol. The van der Waals surface area contributed by atoms with Crippen molar-refractivity contribution in [3.8, 4) is 28.1 Å². The summed E-state index contributed by atoms with van der Waals surface area (Å²) in [5, 5.41) is 21.4. The Morgan fingerprint density at radius 3 is 2.53 bits per heavy atom. The summed E-state index contributed by atoms with van der Waals surface area (Å²) in [7, 11) is 0. The molecule has 2 fully saturated rings. The SMILES string of the molecule is O=C(Cc1ccc(-c2ccccc2O)cc1-c1cc2ccncc2[nH]1)N1CCC(CC2CC2)(C(=O)O)CC1. The lowest BCUT2D eigenvalue weighted by atomic mass is 9.74. The van der Waals surface area contributed by atoms with Gasteiger partial charge >= 0.3 is 5.97 Å². The minimum atomic E-state index is -0.716. The molecule has 0 spiro atoms. The number of para-hydroxylation sites is 1. The van der Waals surface area contributed by atoms with E-state index in [1.807, 2.05) is 41.3 Å². The Morgan fingerprint density at radius 2 is 1.82 bits per heavy atom. The zero-order valence-electron chi connectivity index (χ0n) is 21.2. The number of carbonyl (C=O) groups excluding carboxylic acids is 1. The number of H-pyrrole nitrogens is 1. The second-order valence-electron chi connectivity index (χ2n) is 10.8. The van der Waals surface area contributed by atoms with Crippen LogP contribution in [0.1, 0.15) is 37.7 Å². The van der Waals surface area contributed by atoms with Crippen LogP contribution < -0.4 is 0 Å². The van der Waals surface area contributed by atoms with Crippen molar-refractivity contribution in [1.82, 2.24) is 14.9 Å². The van der Waals surface area contributed by atoms with Gasteiger partial charge in [0.2, 0.25) is 5.91 Å². The molecule has 0 atom stereocenters. The molecule has 7 heteroatoms. The number of phenolic OH excluding ortho intramolecular Hbond substituents is 1. The molecule has 38 heavy (non-hydrogen) atoms. The van der Waals surface area contributed by atoms with Crippen molar-refractivity contribution in [2.24, 2.45) is 11.3 Å². The smallest absolute Gasteiger partial charge is 0.309 e. The summed E-state index contributed by atoms with van der Waals surface area (Å²) in [4.78, 5) is 35.1. The number of carboxylic acids is 1. The van der Waals surface area contributed by atoms with E-state index in [1.165, 1.54) is 0 Å². The number of likely N-dealkylation sites (tertiary alicyclic amines) is 1. The van der Waals surface area contributed by atoms with E-state index in [0.717, 1.165) is 58.1 Å². The number of fused-ring (bicyclic) bond motifs is 1. The standard InChI is InChI=1S/C31H31N3O4/c35-28-4-2-1-3-24(28)21-7-8-22(25(15-21)26-16-23-9-12-32-19-27(23)33-26)17-29(36)34-13-10-31(11-14-34,30(37)38)18-20-5-6-20/h1-4,7-9,12,15-16,19-20,33,35H,5-6,10-11,13-14,17-18H2,(H,37,38). The lowest BCUT2D eigenvalue weighted by molar-refractivity contribution is -0.155. The zero-order valence-corrected chi connectivity index (χ0v) is 21.2. The van der Waals surface area contributed by atoms with Crippen molar-refractivity contribution < 1.29 is 19.8 Å². The van der Waals surface area contributed by atoms with Crippen molar-refractivity contribution in [3.05, 3.63) is 72.6 Å². The number of aliphatic carboxylic acids is 1. The van der Waals surface area contributed by atoms with Gasteiger partial charge in [0.15, 0.2) is 0 Å². The number of hydrogen-bond acceptors (Lipinski definition) is 4. The highest BCUT2D eigenvalue weighted by atomic mass is 16.4. The molecule has 1 aliphatic carbocycles. The Labute approximate surface area is 221 Å². The van der Waals surface area contributed by atoms with Crippen LogP contribution in [-0.4, -0.2) is 50.0 Å². The van der Waals surface area contributed by atoms with Crippen LogP contribution in [0.2, 0.25) is 0 Å². The summed E-state index contributed by atoms with van der Waals surface area (Å²) < 4.78 is 0. The van der Waals surface area contributed by atoms with Gasteiger partial charge in [0.1, 0.15) is 5.75 Å². The molecule has 1 aliphatic heterocycles. The maximum absolute atomic E-state index is 13.5. The highest BCUT2D eigenvalue weighted by molar-refractivity contribution is 5.89. The molecule has 0 bridgehead atoms. The van der Waals surface area contributed by atoms with Gasteiger partial charge in [-0.05, 0) is 60.6 Å². The number of benzene rings is 2. The summed E-state index contributed by atoms with van der Waals surface area (Å²) in [5.41, 5.74) is 4.44. The van der Waals surface area contributed by atoms with Crippen molar-refractivity contribution in [2.45, 2.75) is 38.5 Å². The first-order valence-electron chi connectivity index (χ1n) is 13.3. The van der Waals surface area contributed by atoms with E-state index >= 15 is 0 Å². The van der Waals surface area contributed by atoms with Gasteiger partial charge in [0.25, 0.3) is 0 Å². The molecule has 0 radical (unpaired) electrons. The van der Waals surface area contributed by atoms with E-state index in [0.29, 0.717) is 31.8 Å². The average Bonchev–Trinajstić information content (AvgIpc) is 3.63. The topological polar surface area (TPSA) is 107 Å². The zero-order chi connectivity index (χ0) is 26.3. The number of aromatic amines is 1. The van der Waals surface area contributed by atoms with E-state index < -0.39 is 11.4 Å². The number of aromatic hydroxyl groups is 1. The molecule has 1 amide bonds. The number of amides is 1. The first kappa shape index (κ1) is 24.2. The van der Waals surface area contributed by atoms with Crippen molar-refractivity contribution in [3.63, 3.8) is 0 Å². The van der Waals surface area contributed by atoms with Crippen LogP contribution in [0.3, 0.4) is 0 Å². The fourth-order valence-electron chi connectivity index (χ4n) is 5.82. The summed E-state index contributed by atoms with van der Waals surface area (Å²) in [6.45, 7) is 0.947. The fraction of sp³-hybridized carbons (Fsp3) is 0.323. The summed E-state index contributed by atoms with van der Waals surface area (Å²) in [5.74, 6) is 0.0196. The molecule has 3 N–H and O–H groups in total. The number of nitrogens with one attached hydrogen (secondary N) is 1. The Balaban J connectivity index is 1.29. The molecule has 7 nitrogen and oxygen atoms in total. The molecule has 2 aliphatic rings. The third kappa shape index (κ3) is 4.64. The number of carboxylic acid groups (broad SMARTS) is 1. The lowest BCUT2D eigenvalue weighted by Gasteiger charge is -2.39. The number of piperidine rings is 1. The number of nitrogens with zero attached hydrogens (tertiary/aromatic N) is 2. The Morgan fingerprint density at radius 1 is 1.03 bits per heavy atom. The molecular weight excluding hydrogens is 478 g/mol. The molecule has 4 aromatic rings. The Bertz CT molecular complexity index is 1480. The van der Waals surface area contributed by atoms with Gasteiger partial charge in [-0.25, -0.2) is 0 Å². The number of hydrogen-bond donors (Lipinski definition) is 3. The van der Waals surface area contributed by atoms with Gasteiger partial charge in [-0.1, -0.05) is 43.2 Å². The first-order valence-corrected chi connectivity index (χ1v) is 13.3. The molecule has 1 saturated heterocycles. The third-order valence-corrected chi connectivity index (χ3v) is 8.28. The number of rotatable bonds is 7. The van der Waals surface area contributed by atoms with Gasteiger partial charge in [0.05, 0.1) is 23.5 Å². The minimum absolute atomic E-state index is 0.00440. The maximum Gasteiger partial charge on any atom is 0.309 e. The van der Waals surface area contributed by atoms with Crippen molar-refractivity contribution >= 4 is 22.8 Å². The van der Waals surface area contributed by atoms with Gasteiger partial charge < -0.3 is 20.1 Å². The predicted octanol–water partition coefficient (Wildman–Crippen LogP) is 5.64. The van der Waals surface area contributed by atoms with Crippen LogP contribution in [0.15, 0.2) is 67.0 Å². The number of phenols is 1. The minimum Gasteiger partial charge on any atom is -0.507 e. The average molecular weight is 510 g/mol. The van der Waals surface area contributed by atoms with Crippen LogP contribution in [-0.2, 0) is 16.0 Å². The van der Waals surface area contributed by atoms with Gasteiger partial charge in [-0.2, -0.15) is 0 Å². The third-order valence-electron chi connectivity index (χ3n) is 8.28. The predicted molar refractivity (Wildman–Crippen MR) is 146 cm³/mol. The molecule has 2 aromatic heterocycles. The van der Waals surface area contributed by atoms with Crippen molar-refractivity contribution in [2.75, 3.05) is 13.1 Å². The molecule has 1 saturated carbocycles. The van der Waals surface area contributed by atoms with Gasteiger partial charge in [-0.3, -0.25) is 14.6 Å². The largest absolute Gasteiger partial charge is 0.507 e. The normalized spacial score (nSPS) is 17.0. The number of pyridine rings is 1. The van der Waals surface area contributed by atoms with Crippen molar-refractivity contribution in [1.29, 1.82) is 0 Å². The van der Waals surface area contributed by atoms with Gasteiger partial charge in [-0.15, -0.1) is 0 Å². The highest BCUT2D eigenvalue weighted by Gasteiger charge is 2.45. The molecule has 2 aromatic carbocycles. The Kier molecular flexibility index (Phi) is 6.14. The van der Waals surface area contributed by atoms with Crippen LogP contribution in [0.5, 0.6) is 5.75 Å². The second kappa shape index (κ2) is 9.63. The van der Waals surface area contributed by atoms with E-state index in [4.69, 9.17) is 0 Å². The van der Waals surface area contributed by atoms with E-state index in [9.17, 15) is 19.8 Å². The van der Waals surface area contributed by atoms with Gasteiger partial charge in [0, 0.05) is 41.5 Å². The maximum atomic E-state index is 13.5. The molecule has 6 rings (SSSR count). The Hall–Kier alpha value is -4.13. The number of carbonyl (C=O) groups is 2. The second-order valence-corrected chi connectivity index (χ2v) is 10.8. The van der Waals surface area contributed by atoms with Crippen LogP contribution >= 0.6 is 0 Å². The molecular formula is C31H31N3O4. The van der Waals surface area contributed by atoms with E-state index in [2.05, 4.69) is 16.0 Å². The first-order chi connectivity index (χ1) is 18.4. The molecule has 3 heterocycles.